The van der Waals surface area contributed by atoms with E-state index < -0.39 is 0 Å². The van der Waals surface area contributed by atoms with Gasteiger partial charge < -0.3 is 0 Å². The molecular formula is C17H19NO2. The monoisotopic (exact) mass is 269 g/mol. The zero-order valence-electron chi connectivity index (χ0n) is 11.9. The zero-order chi connectivity index (χ0) is 14.7. The van der Waals surface area contributed by atoms with Gasteiger partial charge in [0.15, 0.2) is 0 Å². The molecule has 1 aromatic rings. The first-order valence-corrected chi connectivity index (χ1v) is 6.74. The van der Waals surface area contributed by atoms with Crippen LogP contribution in [0.3, 0.4) is 0 Å². The van der Waals surface area contributed by atoms with Crippen molar-refractivity contribution in [2.45, 2.75) is 26.8 Å². The second-order valence-corrected chi connectivity index (χ2v) is 5.21. The van der Waals surface area contributed by atoms with Gasteiger partial charge in [0.1, 0.15) is 0 Å². The van der Waals surface area contributed by atoms with E-state index >= 15 is 0 Å². The minimum atomic E-state index is -0.367. The molecule has 0 spiro atoms. The van der Waals surface area contributed by atoms with Crippen LogP contribution in [0.1, 0.15) is 25.8 Å². The Bertz CT molecular complexity index is 568. The number of nitrogens with zero attached hydrogens (tertiary/aromatic N) is 1. The van der Waals surface area contributed by atoms with Crippen LogP contribution in [-0.4, -0.2) is 16.7 Å². The number of likely N-dealkylation sites (tertiary alicyclic amines) is 1. The first-order chi connectivity index (χ1) is 9.56. The van der Waals surface area contributed by atoms with Crippen molar-refractivity contribution in [3.8, 4) is 0 Å². The lowest BCUT2D eigenvalue weighted by Crippen LogP contribution is -2.30. The maximum absolute atomic E-state index is 12.5. The van der Waals surface area contributed by atoms with Gasteiger partial charge in [-0.1, -0.05) is 42.0 Å². The number of hydrogen-bond acceptors (Lipinski definition) is 2. The summed E-state index contributed by atoms with van der Waals surface area (Å²) in [6, 6.07) is 9.57. The highest BCUT2D eigenvalue weighted by Gasteiger charge is 2.42. The molecule has 20 heavy (non-hydrogen) atoms. The highest BCUT2D eigenvalue weighted by atomic mass is 16.2. The minimum absolute atomic E-state index is 0.116. The Morgan fingerprint density at radius 1 is 1.25 bits per heavy atom. The largest absolute Gasteiger partial charge is 0.274 e. The van der Waals surface area contributed by atoms with Gasteiger partial charge in [-0.3, -0.25) is 14.5 Å². The third-order valence-electron chi connectivity index (χ3n) is 3.51. The minimum Gasteiger partial charge on any atom is -0.274 e. The SMILES string of the molecule is C=CCC1C(=O)N(Cc2ccccc2)C(=O)C1=C(C)C. The van der Waals surface area contributed by atoms with E-state index in [0.29, 0.717) is 18.5 Å². The molecule has 0 saturated carbocycles. The summed E-state index contributed by atoms with van der Waals surface area (Å²) in [5, 5.41) is 0. The molecular weight excluding hydrogens is 250 g/mol. The second kappa shape index (κ2) is 5.87. The van der Waals surface area contributed by atoms with Crippen LogP contribution >= 0.6 is 0 Å². The Balaban J connectivity index is 2.31. The van der Waals surface area contributed by atoms with E-state index in [1.165, 1.54) is 4.90 Å². The van der Waals surface area contributed by atoms with E-state index in [2.05, 4.69) is 6.58 Å². The summed E-state index contributed by atoms with van der Waals surface area (Å²) >= 11 is 0. The standard InChI is InChI=1S/C17H19NO2/c1-4-8-14-15(12(2)3)17(20)18(16(14)19)11-13-9-6-5-7-10-13/h4-7,9-10,14H,1,8,11H2,2-3H3. The molecule has 0 bridgehead atoms. The Morgan fingerprint density at radius 2 is 1.90 bits per heavy atom. The first kappa shape index (κ1) is 14.3. The molecule has 0 N–H and O–H groups in total. The Kier molecular flexibility index (Phi) is 4.18. The van der Waals surface area contributed by atoms with E-state index in [0.717, 1.165) is 11.1 Å². The molecule has 1 aliphatic heterocycles. The van der Waals surface area contributed by atoms with Crippen LogP contribution in [0, 0.1) is 5.92 Å². The summed E-state index contributed by atoms with van der Waals surface area (Å²) in [6.45, 7) is 7.77. The number of imide groups is 1. The topological polar surface area (TPSA) is 37.4 Å². The summed E-state index contributed by atoms with van der Waals surface area (Å²) in [5.41, 5.74) is 2.50. The number of allylic oxidation sites excluding steroid dienone is 2. The Morgan fingerprint density at radius 3 is 2.45 bits per heavy atom. The van der Waals surface area contributed by atoms with Gasteiger partial charge in [0.05, 0.1) is 12.5 Å². The third-order valence-corrected chi connectivity index (χ3v) is 3.51. The molecule has 1 fully saturated rings. The lowest BCUT2D eigenvalue weighted by atomic mass is 9.95. The van der Waals surface area contributed by atoms with Gasteiger partial charge in [0.2, 0.25) is 5.91 Å². The molecule has 3 heteroatoms. The fourth-order valence-corrected chi connectivity index (χ4v) is 2.57. The van der Waals surface area contributed by atoms with Gasteiger partial charge in [-0.2, -0.15) is 0 Å². The molecule has 2 amide bonds. The fraction of sp³-hybridized carbons (Fsp3) is 0.294. The normalized spacial score (nSPS) is 18.6. The number of carbonyl (C=O) groups is 2. The summed E-state index contributed by atoms with van der Waals surface area (Å²) in [4.78, 5) is 26.3. The van der Waals surface area contributed by atoms with Crippen LogP contribution in [0.5, 0.6) is 0 Å². The van der Waals surface area contributed by atoms with Crippen LogP contribution in [0.15, 0.2) is 54.1 Å². The predicted molar refractivity (Wildman–Crippen MR) is 78.7 cm³/mol. The van der Waals surface area contributed by atoms with E-state index in [-0.39, 0.29) is 17.7 Å². The molecule has 2 rings (SSSR count). The molecule has 0 radical (unpaired) electrons. The zero-order valence-corrected chi connectivity index (χ0v) is 11.9. The third kappa shape index (κ3) is 2.57. The fourth-order valence-electron chi connectivity index (χ4n) is 2.57. The number of rotatable bonds is 4. The highest BCUT2D eigenvalue weighted by molar-refractivity contribution is 6.15. The van der Waals surface area contributed by atoms with Crippen LogP contribution in [0.25, 0.3) is 0 Å². The summed E-state index contributed by atoms with van der Waals surface area (Å²) in [5.74, 6) is -0.644. The van der Waals surface area contributed by atoms with Gasteiger partial charge in [0.25, 0.3) is 5.91 Å². The molecule has 3 nitrogen and oxygen atoms in total. The van der Waals surface area contributed by atoms with Crippen molar-refractivity contribution in [2.75, 3.05) is 0 Å². The van der Waals surface area contributed by atoms with E-state index in [4.69, 9.17) is 0 Å². The smallest absolute Gasteiger partial charge is 0.257 e. The maximum Gasteiger partial charge on any atom is 0.257 e. The van der Waals surface area contributed by atoms with Crippen molar-refractivity contribution < 1.29 is 9.59 Å². The molecule has 1 aromatic carbocycles. The molecule has 0 aliphatic carbocycles. The molecule has 1 heterocycles. The predicted octanol–water partition coefficient (Wildman–Crippen LogP) is 3.08. The van der Waals surface area contributed by atoms with Crippen molar-refractivity contribution in [1.82, 2.24) is 4.90 Å². The Labute approximate surface area is 119 Å². The van der Waals surface area contributed by atoms with Crippen LogP contribution < -0.4 is 0 Å². The van der Waals surface area contributed by atoms with Crippen LogP contribution in [-0.2, 0) is 16.1 Å². The lowest BCUT2D eigenvalue weighted by Gasteiger charge is -2.14. The number of benzene rings is 1. The van der Waals surface area contributed by atoms with Crippen molar-refractivity contribution in [3.63, 3.8) is 0 Å². The van der Waals surface area contributed by atoms with Crippen molar-refractivity contribution in [2.24, 2.45) is 5.92 Å². The summed E-state index contributed by atoms with van der Waals surface area (Å²) in [7, 11) is 0. The number of amides is 2. The summed E-state index contributed by atoms with van der Waals surface area (Å²) < 4.78 is 0. The number of hydrogen-bond donors (Lipinski definition) is 0. The van der Waals surface area contributed by atoms with E-state index in [1.807, 2.05) is 44.2 Å². The van der Waals surface area contributed by atoms with Gasteiger partial charge in [-0.15, -0.1) is 6.58 Å². The highest BCUT2D eigenvalue weighted by Crippen LogP contribution is 2.32. The van der Waals surface area contributed by atoms with Gasteiger partial charge in [-0.05, 0) is 25.8 Å². The Hall–Kier alpha value is -2.16. The number of carbonyl (C=O) groups excluding carboxylic acids is 2. The lowest BCUT2D eigenvalue weighted by molar-refractivity contribution is -0.139. The average Bonchev–Trinajstić information content (AvgIpc) is 2.65. The van der Waals surface area contributed by atoms with Gasteiger partial charge >= 0.3 is 0 Å². The average molecular weight is 269 g/mol. The van der Waals surface area contributed by atoms with Gasteiger partial charge in [-0.25, -0.2) is 0 Å². The van der Waals surface area contributed by atoms with Crippen LogP contribution in [0.2, 0.25) is 0 Å². The first-order valence-electron chi connectivity index (χ1n) is 6.74. The van der Waals surface area contributed by atoms with E-state index in [9.17, 15) is 9.59 Å². The van der Waals surface area contributed by atoms with Crippen molar-refractivity contribution in [1.29, 1.82) is 0 Å². The second-order valence-electron chi connectivity index (χ2n) is 5.21. The van der Waals surface area contributed by atoms with Crippen molar-refractivity contribution >= 4 is 11.8 Å². The van der Waals surface area contributed by atoms with Crippen molar-refractivity contribution in [3.05, 3.63) is 59.7 Å². The maximum atomic E-state index is 12.5. The van der Waals surface area contributed by atoms with Gasteiger partial charge in [0, 0.05) is 5.57 Å². The van der Waals surface area contributed by atoms with E-state index in [1.54, 1.807) is 6.08 Å². The molecule has 104 valence electrons. The molecule has 1 saturated heterocycles. The molecule has 0 aromatic heterocycles. The summed E-state index contributed by atoms with van der Waals surface area (Å²) in [6.07, 6.45) is 2.21. The molecule has 1 unspecified atom stereocenters. The van der Waals surface area contributed by atoms with Crippen LogP contribution in [0.4, 0.5) is 0 Å². The quantitative estimate of drug-likeness (QED) is 0.478. The molecule has 1 aliphatic rings. The molecule has 1 atom stereocenters.